The Morgan fingerprint density at radius 2 is 1.55 bits per heavy atom. The number of halogens is 1. The molecule has 3 atom stereocenters. The Morgan fingerprint density at radius 1 is 0.842 bits per heavy atom. The van der Waals surface area contributed by atoms with E-state index in [-0.39, 0.29) is 12.4 Å². The summed E-state index contributed by atoms with van der Waals surface area (Å²) >= 11 is 0. The summed E-state index contributed by atoms with van der Waals surface area (Å²) in [6.45, 7) is 1.75. The monoisotopic (exact) mass is 510 g/mol. The number of rotatable bonds is 9. The van der Waals surface area contributed by atoms with Gasteiger partial charge in [0.2, 0.25) is 11.8 Å². The zero-order valence-electron chi connectivity index (χ0n) is 21.2. The van der Waals surface area contributed by atoms with Gasteiger partial charge in [0.25, 0.3) is 0 Å². The van der Waals surface area contributed by atoms with Gasteiger partial charge in [-0.15, -0.1) is 0 Å². The molecule has 2 bridgehead atoms. The van der Waals surface area contributed by atoms with E-state index >= 15 is 4.39 Å². The van der Waals surface area contributed by atoms with Gasteiger partial charge in [-0.3, -0.25) is 0 Å². The van der Waals surface area contributed by atoms with Gasteiger partial charge < -0.3 is 19.5 Å². The third-order valence-corrected chi connectivity index (χ3v) is 7.77. The maximum Gasteiger partial charge on any atom is 0.225 e. The lowest BCUT2D eigenvalue weighted by Crippen LogP contribution is -2.36. The first-order chi connectivity index (χ1) is 18.7. The Kier molecular flexibility index (Phi) is 6.97. The standard InChI is InChI=1S/C32H31FN2O3/c33-29-17-24(11-13-30(29)35-18-25-15-27(35)16-26(25)19-36)28-12-14-31(37-20-22-7-3-1-4-8-22)34-32(28)38-21-23-9-5-2-6-10-23/h1-14,17,25-27,36H,15-16,18-21H2/t25?,26-,27?/m1/s1. The van der Waals surface area contributed by atoms with Crippen molar-refractivity contribution in [3.8, 4) is 22.9 Å². The molecule has 2 heterocycles. The molecule has 1 saturated carbocycles. The van der Waals surface area contributed by atoms with E-state index in [4.69, 9.17) is 9.47 Å². The summed E-state index contributed by atoms with van der Waals surface area (Å²) in [5.74, 6) is 1.38. The van der Waals surface area contributed by atoms with Crippen LogP contribution in [-0.2, 0) is 13.2 Å². The number of aliphatic hydroxyl groups is 1. The summed E-state index contributed by atoms with van der Waals surface area (Å²) in [5, 5.41) is 9.60. The molecule has 1 aliphatic carbocycles. The van der Waals surface area contributed by atoms with E-state index in [9.17, 15) is 5.11 Å². The molecule has 1 aromatic heterocycles. The number of pyridine rings is 1. The van der Waals surface area contributed by atoms with Crippen LogP contribution in [0.25, 0.3) is 11.1 Å². The van der Waals surface area contributed by atoms with Crippen molar-refractivity contribution < 1.29 is 19.0 Å². The lowest BCUT2D eigenvalue weighted by molar-refractivity contribution is 0.189. The summed E-state index contributed by atoms with van der Waals surface area (Å²) in [7, 11) is 0. The molecule has 4 aromatic rings. The van der Waals surface area contributed by atoms with Crippen LogP contribution in [-0.4, -0.2) is 29.3 Å². The zero-order valence-corrected chi connectivity index (χ0v) is 21.2. The Hall–Kier alpha value is -3.90. The number of hydrogen-bond donors (Lipinski definition) is 1. The van der Waals surface area contributed by atoms with E-state index in [0.29, 0.717) is 59.7 Å². The van der Waals surface area contributed by atoms with Crippen LogP contribution in [0.4, 0.5) is 10.1 Å². The van der Waals surface area contributed by atoms with E-state index in [0.717, 1.165) is 30.5 Å². The summed E-state index contributed by atoms with van der Waals surface area (Å²) in [6.07, 6.45) is 1.95. The van der Waals surface area contributed by atoms with Crippen LogP contribution >= 0.6 is 0 Å². The van der Waals surface area contributed by atoms with Crippen LogP contribution < -0.4 is 14.4 Å². The summed E-state index contributed by atoms with van der Waals surface area (Å²) < 4.78 is 27.6. The molecule has 2 unspecified atom stereocenters. The van der Waals surface area contributed by atoms with Crippen molar-refractivity contribution in [2.75, 3.05) is 18.1 Å². The fourth-order valence-corrected chi connectivity index (χ4v) is 5.78. The van der Waals surface area contributed by atoms with Crippen LogP contribution in [0.5, 0.6) is 11.8 Å². The highest BCUT2D eigenvalue weighted by Crippen LogP contribution is 2.45. The lowest BCUT2D eigenvalue weighted by atomic mass is 9.95. The highest BCUT2D eigenvalue weighted by atomic mass is 19.1. The molecule has 6 heteroatoms. The highest BCUT2D eigenvalue weighted by Gasteiger charge is 2.44. The second-order valence-corrected chi connectivity index (χ2v) is 10.2. The first kappa shape index (κ1) is 24.4. The van der Waals surface area contributed by atoms with Crippen LogP contribution in [0.15, 0.2) is 91.0 Å². The molecule has 0 spiro atoms. The molecule has 2 aliphatic rings. The molecule has 1 saturated heterocycles. The van der Waals surface area contributed by atoms with E-state index in [1.165, 1.54) is 0 Å². The topological polar surface area (TPSA) is 54.8 Å². The summed E-state index contributed by atoms with van der Waals surface area (Å²) in [6, 6.07) is 29.1. The predicted octanol–water partition coefficient (Wildman–Crippen LogP) is 6.25. The molecular weight excluding hydrogens is 479 g/mol. The normalized spacial score (nSPS) is 20.1. The number of aliphatic hydroxyl groups excluding tert-OH is 1. The molecule has 38 heavy (non-hydrogen) atoms. The quantitative estimate of drug-likeness (QED) is 0.288. The van der Waals surface area contributed by atoms with Gasteiger partial charge in [0, 0.05) is 30.8 Å². The maximum absolute atomic E-state index is 15.5. The molecule has 1 N–H and O–H groups in total. The maximum atomic E-state index is 15.5. The van der Waals surface area contributed by atoms with E-state index in [1.807, 2.05) is 78.9 Å². The first-order valence-electron chi connectivity index (χ1n) is 13.2. The van der Waals surface area contributed by atoms with Crippen molar-refractivity contribution in [1.29, 1.82) is 0 Å². The van der Waals surface area contributed by atoms with Gasteiger partial charge in [-0.25, -0.2) is 4.39 Å². The number of hydrogen-bond acceptors (Lipinski definition) is 5. The molecule has 1 aliphatic heterocycles. The average molecular weight is 511 g/mol. The van der Waals surface area contributed by atoms with E-state index in [1.54, 1.807) is 12.1 Å². The molecular formula is C32H31FN2O3. The molecule has 5 nitrogen and oxygen atoms in total. The summed E-state index contributed by atoms with van der Waals surface area (Å²) in [5.41, 5.74) is 4.10. The Bertz CT molecular complexity index is 1380. The molecule has 0 radical (unpaired) electrons. The number of aromatic nitrogens is 1. The van der Waals surface area contributed by atoms with Crippen LogP contribution in [0.3, 0.4) is 0 Å². The number of ether oxygens (including phenoxy) is 2. The second-order valence-electron chi connectivity index (χ2n) is 10.2. The Balaban J connectivity index is 1.25. The van der Waals surface area contributed by atoms with Crippen molar-refractivity contribution in [1.82, 2.24) is 4.98 Å². The number of piperidine rings is 1. The number of benzene rings is 3. The van der Waals surface area contributed by atoms with Crippen molar-refractivity contribution in [3.05, 3.63) is 108 Å². The first-order valence-corrected chi connectivity index (χ1v) is 13.2. The highest BCUT2D eigenvalue weighted by molar-refractivity contribution is 5.71. The van der Waals surface area contributed by atoms with Crippen LogP contribution in [0, 0.1) is 17.7 Å². The average Bonchev–Trinajstić information content (AvgIpc) is 3.57. The van der Waals surface area contributed by atoms with Gasteiger partial charge in [-0.05, 0) is 59.6 Å². The molecule has 3 aromatic carbocycles. The van der Waals surface area contributed by atoms with Crippen molar-refractivity contribution in [2.24, 2.45) is 11.8 Å². The molecule has 194 valence electrons. The third-order valence-electron chi connectivity index (χ3n) is 7.77. The van der Waals surface area contributed by atoms with E-state index < -0.39 is 0 Å². The Labute approximate surface area is 222 Å². The number of anilines is 1. The molecule has 6 rings (SSSR count). The fourth-order valence-electron chi connectivity index (χ4n) is 5.78. The van der Waals surface area contributed by atoms with Crippen molar-refractivity contribution >= 4 is 5.69 Å². The zero-order chi connectivity index (χ0) is 25.9. The molecule has 0 amide bonds. The summed E-state index contributed by atoms with van der Waals surface area (Å²) in [4.78, 5) is 6.82. The number of fused-ring (bicyclic) bond motifs is 2. The lowest BCUT2D eigenvalue weighted by Gasteiger charge is -2.33. The van der Waals surface area contributed by atoms with Gasteiger partial charge >= 0.3 is 0 Å². The van der Waals surface area contributed by atoms with Crippen molar-refractivity contribution in [3.63, 3.8) is 0 Å². The van der Waals surface area contributed by atoms with Gasteiger partial charge in [-0.2, -0.15) is 4.98 Å². The van der Waals surface area contributed by atoms with Gasteiger partial charge in [0.15, 0.2) is 0 Å². The van der Waals surface area contributed by atoms with Crippen molar-refractivity contribution in [2.45, 2.75) is 32.1 Å². The van der Waals surface area contributed by atoms with Gasteiger partial charge in [0.05, 0.1) is 5.69 Å². The van der Waals surface area contributed by atoms with Gasteiger partial charge in [0.1, 0.15) is 19.0 Å². The smallest absolute Gasteiger partial charge is 0.225 e. The third kappa shape index (κ3) is 5.09. The largest absolute Gasteiger partial charge is 0.473 e. The SMILES string of the molecule is OC[C@H]1CC2CC1CN2c1ccc(-c2ccc(OCc3ccccc3)nc2OCc2ccccc2)cc1F. The fraction of sp³-hybridized carbons (Fsp3) is 0.281. The van der Waals surface area contributed by atoms with Gasteiger partial charge in [-0.1, -0.05) is 66.7 Å². The van der Waals surface area contributed by atoms with Crippen LogP contribution in [0.2, 0.25) is 0 Å². The molecule has 2 fully saturated rings. The minimum absolute atomic E-state index is 0.222. The minimum Gasteiger partial charge on any atom is -0.473 e. The Morgan fingerprint density at radius 3 is 2.18 bits per heavy atom. The van der Waals surface area contributed by atoms with E-state index in [2.05, 4.69) is 9.88 Å². The van der Waals surface area contributed by atoms with Crippen LogP contribution in [0.1, 0.15) is 24.0 Å². The number of nitrogens with zero attached hydrogens (tertiary/aromatic N) is 2. The predicted molar refractivity (Wildman–Crippen MR) is 146 cm³/mol. The minimum atomic E-state index is -0.256. The second kappa shape index (κ2) is 10.8.